The molecule has 2 aromatic heterocycles. The number of rotatable bonds is 4. The van der Waals surface area contributed by atoms with Crippen LogP contribution in [0.1, 0.15) is 40.5 Å². The van der Waals surface area contributed by atoms with Crippen molar-refractivity contribution in [1.29, 1.82) is 0 Å². The van der Waals surface area contributed by atoms with Crippen LogP contribution in [0.25, 0.3) is 32.9 Å². The van der Waals surface area contributed by atoms with Crippen molar-refractivity contribution >= 4 is 61.0 Å². The van der Waals surface area contributed by atoms with Gasteiger partial charge in [0.15, 0.2) is 0 Å². The van der Waals surface area contributed by atoms with Crippen molar-refractivity contribution in [2.45, 2.75) is 39.3 Å². The number of aryl methyl sites for hydroxylation is 4. The van der Waals surface area contributed by atoms with E-state index in [9.17, 15) is 9.59 Å². The summed E-state index contributed by atoms with van der Waals surface area (Å²) in [6.07, 6.45) is 4.70. The first kappa shape index (κ1) is 24.0. The summed E-state index contributed by atoms with van der Waals surface area (Å²) in [6.45, 7) is 3.53. The smallest absolute Gasteiger partial charge is 0.323 e. The Balaban J connectivity index is 1.43. The zero-order chi connectivity index (χ0) is 26.8. The van der Waals surface area contributed by atoms with Crippen LogP contribution in [0.4, 0.5) is 16.2 Å². The second-order valence-electron chi connectivity index (χ2n) is 10.2. The number of carbonyl (C=O) groups is 2. The van der Waals surface area contributed by atoms with Gasteiger partial charge in [0.2, 0.25) is 0 Å². The molecule has 2 aliphatic rings. The third-order valence-electron chi connectivity index (χ3n) is 7.77. The Morgan fingerprint density at radius 1 is 1.10 bits per heavy atom. The van der Waals surface area contributed by atoms with Crippen LogP contribution in [0.5, 0.6) is 0 Å². The molecule has 0 spiro atoms. The normalized spacial score (nSPS) is 13.8. The summed E-state index contributed by atoms with van der Waals surface area (Å²) in [5.41, 5.74) is 9.85. The van der Waals surface area contributed by atoms with Gasteiger partial charge in [0.1, 0.15) is 0 Å². The lowest BCUT2D eigenvalue weighted by molar-refractivity contribution is 0.0966. The summed E-state index contributed by atoms with van der Waals surface area (Å²) in [5, 5.41) is 15.8. The number of aromatic nitrogens is 3. The molecular weight excluding hydrogens is 556 g/mol. The van der Waals surface area contributed by atoms with Crippen molar-refractivity contribution in [3.05, 3.63) is 75.5 Å². The number of carbonyl (C=O) groups excluding carboxylic acids is 2. The Kier molecular flexibility index (Phi) is 5.52. The topological polar surface area (TPSA) is 93.0 Å². The number of hydrogen-bond acceptors (Lipinski definition) is 3. The van der Waals surface area contributed by atoms with Gasteiger partial charge in [0.05, 0.1) is 22.5 Å². The molecule has 3 N–H and O–H groups in total. The molecule has 0 radical (unpaired) electrons. The Labute approximate surface area is 233 Å². The third-order valence-corrected chi connectivity index (χ3v) is 8.46. The minimum absolute atomic E-state index is 0.0293. The number of benzene rings is 3. The quantitative estimate of drug-likeness (QED) is 0.230. The molecule has 196 valence electrons. The van der Waals surface area contributed by atoms with Crippen LogP contribution in [0, 0.1) is 0 Å². The van der Waals surface area contributed by atoms with Crippen molar-refractivity contribution in [3.8, 4) is 11.1 Å². The van der Waals surface area contributed by atoms with Gasteiger partial charge in [-0.15, -0.1) is 0 Å². The molecule has 8 nitrogen and oxygen atoms in total. The Morgan fingerprint density at radius 3 is 2.77 bits per heavy atom. The lowest BCUT2D eigenvalue weighted by atomic mass is 9.82. The molecule has 0 fully saturated rings. The van der Waals surface area contributed by atoms with E-state index in [1.54, 1.807) is 0 Å². The first-order valence-corrected chi connectivity index (χ1v) is 14.0. The number of amides is 3. The molecule has 3 heterocycles. The maximum absolute atomic E-state index is 13.3. The highest BCUT2D eigenvalue weighted by molar-refractivity contribution is 9.10. The average molecular weight is 583 g/mol. The SMILES string of the molecule is CCCn1c2ccc(NC(=O)Nc3ccccc3Br)cc2c2c3c(c4c(c21)CCc1nn(C)cc1-4)C(=O)NC3. The molecule has 0 saturated carbocycles. The predicted molar refractivity (Wildman–Crippen MR) is 157 cm³/mol. The monoisotopic (exact) mass is 582 g/mol. The zero-order valence-electron chi connectivity index (χ0n) is 21.7. The predicted octanol–water partition coefficient (Wildman–Crippen LogP) is 6.35. The molecule has 0 saturated heterocycles. The fraction of sp³-hybridized carbons (Fsp3) is 0.233. The van der Waals surface area contributed by atoms with Crippen LogP contribution in [0.2, 0.25) is 0 Å². The van der Waals surface area contributed by atoms with E-state index in [2.05, 4.69) is 54.5 Å². The van der Waals surface area contributed by atoms with Crippen LogP contribution >= 0.6 is 15.9 Å². The van der Waals surface area contributed by atoms with Gasteiger partial charge in [-0.2, -0.15) is 5.10 Å². The lowest BCUT2D eigenvalue weighted by Crippen LogP contribution is -2.19. The molecule has 7 rings (SSSR count). The van der Waals surface area contributed by atoms with Crippen molar-refractivity contribution in [2.24, 2.45) is 7.05 Å². The lowest BCUT2D eigenvalue weighted by Gasteiger charge is -2.21. The van der Waals surface area contributed by atoms with Crippen molar-refractivity contribution < 1.29 is 9.59 Å². The maximum Gasteiger partial charge on any atom is 0.323 e. The van der Waals surface area contributed by atoms with Gasteiger partial charge in [-0.05, 0) is 76.7 Å². The van der Waals surface area contributed by atoms with E-state index in [0.717, 1.165) is 74.5 Å². The number of halogens is 1. The van der Waals surface area contributed by atoms with Crippen LogP contribution in [0.15, 0.2) is 53.1 Å². The van der Waals surface area contributed by atoms with E-state index in [1.807, 2.05) is 54.3 Å². The molecule has 39 heavy (non-hydrogen) atoms. The van der Waals surface area contributed by atoms with E-state index in [4.69, 9.17) is 0 Å². The number of nitrogens with zero attached hydrogens (tertiary/aromatic N) is 3. The average Bonchev–Trinajstić information content (AvgIpc) is 3.58. The van der Waals surface area contributed by atoms with Gasteiger partial charge in [0, 0.05) is 63.9 Å². The first-order chi connectivity index (χ1) is 18.9. The summed E-state index contributed by atoms with van der Waals surface area (Å²) in [4.78, 5) is 26.1. The minimum Gasteiger partial charge on any atom is -0.348 e. The van der Waals surface area contributed by atoms with E-state index in [0.29, 0.717) is 17.9 Å². The highest BCUT2D eigenvalue weighted by Crippen LogP contribution is 2.47. The second-order valence-corrected chi connectivity index (χ2v) is 11.1. The molecular formula is C30H27BrN6O2. The van der Waals surface area contributed by atoms with Crippen LogP contribution in [-0.2, 0) is 33.0 Å². The van der Waals surface area contributed by atoms with Gasteiger partial charge < -0.3 is 20.5 Å². The fourth-order valence-electron chi connectivity index (χ4n) is 6.30. The Bertz CT molecular complexity index is 1850. The van der Waals surface area contributed by atoms with Crippen molar-refractivity contribution in [3.63, 3.8) is 0 Å². The molecule has 0 unspecified atom stereocenters. The zero-order valence-corrected chi connectivity index (χ0v) is 23.3. The third kappa shape index (κ3) is 3.67. The summed E-state index contributed by atoms with van der Waals surface area (Å²) in [6, 6.07) is 13.3. The molecule has 1 aliphatic heterocycles. The number of anilines is 2. The number of urea groups is 1. The van der Waals surface area contributed by atoms with Gasteiger partial charge in [-0.1, -0.05) is 19.1 Å². The van der Waals surface area contributed by atoms with E-state index >= 15 is 0 Å². The molecule has 3 aromatic carbocycles. The molecule has 0 atom stereocenters. The standard InChI is InChI=1S/C30H27BrN6O2/c1-3-12-37-24-11-8-16(33-30(39)34-23-7-5-4-6-21(23)31)13-18(24)26-19-14-32-29(38)27(19)25-17(28(26)37)9-10-22-20(25)15-36(2)35-22/h4-8,11,13,15H,3,9-10,12,14H2,1-2H3,(H,32,38)(H2,33,34,39). The van der Waals surface area contributed by atoms with Crippen molar-refractivity contribution in [1.82, 2.24) is 19.7 Å². The molecule has 0 bridgehead atoms. The molecule has 1 aliphatic carbocycles. The van der Waals surface area contributed by atoms with Gasteiger partial charge in [-0.3, -0.25) is 9.48 Å². The van der Waals surface area contributed by atoms with Crippen LogP contribution in [-0.4, -0.2) is 26.3 Å². The van der Waals surface area contributed by atoms with E-state index in [1.165, 1.54) is 11.1 Å². The number of fused-ring (bicyclic) bond motifs is 10. The molecule has 9 heteroatoms. The van der Waals surface area contributed by atoms with Crippen molar-refractivity contribution in [2.75, 3.05) is 10.6 Å². The van der Waals surface area contributed by atoms with Crippen LogP contribution in [0.3, 0.4) is 0 Å². The second kappa shape index (κ2) is 8.98. The van der Waals surface area contributed by atoms with Gasteiger partial charge >= 0.3 is 6.03 Å². The Hall–Kier alpha value is -4.11. The minimum atomic E-state index is -0.317. The van der Waals surface area contributed by atoms with Crippen LogP contribution < -0.4 is 16.0 Å². The summed E-state index contributed by atoms with van der Waals surface area (Å²) >= 11 is 3.48. The Morgan fingerprint density at radius 2 is 1.95 bits per heavy atom. The number of para-hydroxylation sites is 1. The summed E-state index contributed by atoms with van der Waals surface area (Å²) in [7, 11) is 1.94. The van der Waals surface area contributed by atoms with E-state index in [-0.39, 0.29) is 11.9 Å². The van der Waals surface area contributed by atoms with Gasteiger partial charge in [-0.25, -0.2) is 4.79 Å². The molecule has 3 amide bonds. The highest BCUT2D eigenvalue weighted by Gasteiger charge is 2.35. The maximum atomic E-state index is 13.3. The number of hydrogen-bond donors (Lipinski definition) is 3. The summed E-state index contributed by atoms with van der Waals surface area (Å²) < 4.78 is 5.06. The van der Waals surface area contributed by atoms with Gasteiger partial charge in [0.25, 0.3) is 5.91 Å². The highest BCUT2D eigenvalue weighted by atomic mass is 79.9. The summed E-state index contributed by atoms with van der Waals surface area (Å²) in [5.74, 6) is -0.0293. The number of nitrogens with one attached hydrogen (secondary N) is 3. The van der Waals surface area contributed by atoms with E-state index < -0.39 is 0 Å². The first-order valence-electron chi connectivity index (χ1n) is 13.2. The molecule has 5 aromatic rings. The largest absolute Gasteiger partial charge is 0.348 e. The fourth-order valence-corrected chi connectivity index (χ4v) is 6.68.